The Bertz CT molecular complexity index is 558. The molecule has 0 bridgehead atoms. The second-order valence-electron chi connectivity index (χ2n) is 5.60. The van der Waals surface area contributed by atoms with E-state index in [9.17, 15) is 5.11 Å². The third kappa shape index (κ3) is 2.93. The normalized spacial score (nSPS) is 18.1. The molecule has 1 unspecified atom stereocenters. The SMILES string of the molecule is OC(COc1cccc2ncccc12)C1CCCCC1. The zero-order chi connectivity index (χ0) is 13.8. The first-order valence-electron chi connectivity index (χ1n) is 7.49. The summed E-state index contributed by atoms with van der Waals surface area (Å²) in [5.74, 6) is 1.21. The monoisotopic (exact) mass is 271 g/mol. The molecule has 0 aliphatic heterocycles. The van der Waals surface area contributed by atoms with E-state index in [1.165, 1.54) is 19.3 Å². The van der Waals surface area contributed by atoms with Crippen LogP contribution in [0.3, 0.4) is 0 Å². The van der Waals surface area contributed by atoms with Gasteiger partial charge in [-0.15, -0.1) is 0 Å². The van der Waals surface area contributed by atoms with Crippen molar-refractivity contribution in [3.8, 4) is 5.75 Å². The van der Waals surface area contributed by atoms with Gasteiger partial charge in [0.25, 0.3) is 0 Å². The van der Waals surface area contributed by atoms with E-state index in [-0.39, 0.29) is 6.10 Å². The third-order valence-electron chi connectivity index (χ3n) is 4.21. The van der Waals surface area contributed by atoms with E-state index >= 15 is 0 Å². The molecule has 1 aromatic heterocycles. The van der Waals surface area contributed by atoms with Crippen molar-refractivity contribution in [2.24, 2.45) is 5.92 Å². The van der Waals surface area contributed by atoms with E-state index in [4.69, 9.17) is 4.74 Å². The highest BCUT2D eigenvalue weighted by Crippen LogP contribution is 2.28. The van der Waals surface area contributed by atoms with E-state index < -0.39 is 0 Å². The van der Waals surface area contributed by atoms with Crippen LogP contribution in [0.2, 0.25) is 0 Å². The molecule has 1 heterocycles. The summed E-state index contributed by atoms with van der Waals surface area (Å²) in [7, 11) is 0. The van der Waals surface area contributed by atoms with Gasteiger partial charge in [0, 0.05) is 11.6 Å². The average Bonchev–Trinajstić information content (AvgIpc) is 2.53. The van der Waals surface area contributed by atoms with Gasteiger partial charge in [-0.05, 0) is 43.0 Å². The van der Waals surface area contributed by atoms with Crippen LogP contribution in [0.4, 0.5) is 0 Å². The number of aromatic nitrogens is 1. The number of hydrogen-bond acceptors (Lipinski definition) is 3. The third-order valence-corrected chi connectivity index (χ3v) is 4.21. The van der Waals surface area contributed by atoms with Crippen molar-refractivity contribution >= 4 is 10.9 Å². The lowest BCUT2D eigenvalue weighted by Crippen LogP contribution is -2.28. The topological polar surface area (TPSA) is 42.4 Å². The highest BCUT2D eigenvalue weighted by Gasteiger charge is 2.22. The van der Waals surface area contributed by atoms with Gasteiger partial charge in [0.15, 0.2) is 0 Å². The summed E-state index contributed by atoms with van der Waals surface area (Å²) in [5, 5.41) is 11.3. The molecule has 1 fully saturated rings. The van der Waals surface area contributed by atoms with E-state index in [0.29, 0.717) is 12.5 Å². The fourth-order valence-corrected chi connectivity index (χ4v) is 3.03. The molecule has 2 aromatic rings. The summed E-state index contributed by atoms with van der Waals surface area (Å²) in [6, 6.07) is 9.77. The van der Waals surface area contributed by atoms with Crippen molar-refractivity contribution < 1.29 is 9.84 Å². The fourth-order valence-electron chi connectivity index (χ4n) is 3.03. The smallest absolute Gasteiger partial charge is 0.128 e. The Morgan fingerprint density at radius 2 is 2.00 bits per heavy atom. The zero-order valence-electron chi connectivity index (χ0n) is 11.7. The number of fused-ring (bicyclic) bond motifs is 1. The van der Waals surface area contributed by atoms with Crippen LogP contribution in [0.25, 0.3) is 10.9 Å². The minimum Gasteiger partial charge on any atom is -0.490 e. The highest BCUT2D eigenvalue weighted by molar-refractivity contribution is 5.84. The van der Waals surface area contributed by atoms with Crippen LogP contribution in [0, 0.1) is 5.92 Å². The van der Waals surface area contributed by atoms with Gasteiger partial charge in [0.05, 0.1) is 11.6 Å². The molecule has 1 aromatic carbocycles. The van der Waals surface area contributed by atoms with Gasteiger partial charge in [-0.1, -0.05) is 25.3 Å². The molecule has 3 rings (SSSR count). The van der Waals surface area contributed by atoms with Gasteiger partial charge in [0.2, 0.25) is 0 Å². The summed E-state index contributed by atoms with van der Waals surface area (Å²) < 4.78 is 5.84. The molecule has 3 nitrogen and oxygen atoms in total. The van der Waals surface area contributed by atoms with E-state index in [1.54, 1.807) is 6.20 Å². The molecule has 3 heteroatoms. The molecule has 1 atom stereocenters. The van der Waals surface area contributed by atoms with Gasteiger partial charge in [-0.2, -0.15) is 0 Å². The lowest BCUT2D eigenvalue weighted by molar-refractivity contribution is 0.0418. The number of rotatable bonds is 4. The number of ether oxygens (including phenoxy) is 1. The number of aliphatic hydroxyl groups excluding tert-OH is 1. The molecular formula is C17H21NO2. The minimum atomic E-state index is -0.359. The Balaban J connectivity index is 1.67. The maximum atomic E-state index is 10.3. The molecule has 1 aliphatic rings. The standard InChI is InChI=1S/C17H21NO2/c19-16(13-6-2-1-3-7-13)12-20-17-10-4-9-15-14(17)8-5-11-18-15/h4-5,8-11,13,16,19H,1-3,6-7,12H2. The van der Waals surface area contributed by atoms with Crippen molar-refractivity contribution in [1.82, 2.24) is 4.98 Å². The largest absolute Gasteiger partial charge is 0.490 e. The first kappa shape index (κ1) is 13.4. The predicted molar refractivity (Wildman–Crippen MR) is 79.8 cm³/mol. The van der Waals surface area contributed by atoms with E-state index in [1.807, 2.05) is 30.3 Å². The van der Waals surface area contributed by atoms with Gasteiger partial charge < -0.3 is 9.84 Å². The van der Waals surface area contributed by atoms with Crippen LogP contribution in [0.1, 0.15) is 32.1 Å². The van der Waals surface area contributed by atoms with Crippen LogP contribution in [0.15, 0.2) is 36.5 Å². The van der Waals surface area contributed by atoms with Gasteiger partial charge >= 0.3 is 0 Å². The maximum Gasteiger partial charge on any atom is 0.128 e. The summed E-state index contributed by atoms with van der Waals surface area (Å²) in [5.41, 5.74) is 0.928. The van der Waals surface area contributed by atoms with Crippen LogP contribution in [-0.4, -0.2) is 22.8 Å². The number of pyridine rings is 1. The Kier molecular flexibility index (Phi) is 4.16. The van der Waals surface area contributed by atoms with Crippen LogP contribution in [-0.2, 0) is 0 Å². The predicted octanol–water partition coefficient (Wildman–Crippen LogP) is 3.55. The second kappa shape index (κ2) is 6.23. The number of benzene rings is 1. The summed E-state index contributed by atoms with van der Waals surface area (Å²) in [6.45, 7) is 0.374. The van der Waals surface area contributed by atoms with Crippen LogP contribution >= 0.6 is 0 Å². The lowest BCUT2D eigenvalue weighted by atomic mass is 9.85. The van der Waals surface area contributed by atoms with Gasteiger partial charge in [-0.3, -0.25) is 4.98 Å². The van der Waals surface area contributed by atoms with Crippen molar-refractivity contribution in [3.05, 3.63) is 36.5 Å². The van der Waals surface area contributed by atoms with Gasteiger partial charge in [0.1, 0.15) is 12.4 Å². The Labute approximate surface area is 119 Å². The Morgan fingerprint density at radius 3 is 2.85 bits per heavy atom. The molecule has 1 aliphatic carbocycles. The summed E-state index contributed by atoms with van der Waals surface area (Å²) in [4.78, 5) is 4.32. The molecular weight excluding hydrogens is 250 g/mol. The molecule has 106 valence electrons. The molecule has 1 N–H and O–H groups in total. The zero-order valence-corrected chi connectivity index (χ0v) is 11.7. The first-order valence-corrected chi connectivity index (χ1v) is 7.49. The van der Waals surface area contributed by atoms with Crippen molar-refractivity contribution in [2.45, 2.75) is 38.2 Å². The van der Waals surface area contributed by atoms with E-state index in [2.05, 4.69) is 4.98 Å². The molecule has 0 saturated heterocycles. The maximum absolute atomic E-state index is 10.3. The first-order chi connectivity index (χ1) is 9.84. The fraction of sp³-hybridized carbons (Fsp3) is 0.471. The molecule has 1 saturated carbocycles. The second-order valence-corrected chi connectivity index (χ2v) is 5.60. The molecule has 0 spiro atoms. The molecule has 20 heavy (non-hydrogen) atoms. The number of nitrogens with zero attached hydrogens (tertiary/aromatic N) is 1. The molecule has 0 radical (unpaired) electrons. The van der Waals surface area contributed by atoms with Crippen molar-refractivity contribution in [1.29, 1.82) is 0 Å². The quantitative estimate of drug-likeness (QED) is 0.924. The van der Waals surface area contributed by atoms with Crippen molar-refractivity contribution in [3.63, 3.8) is 0 Å². The highest BCUT2D eigenvalue weighted by atomic mass is 16.5. The Hall–Kier alpha value is -1.61. The van der Waals surface area contributed by atoms with Gasteiger partial charge in [-0.25, -0.2) is 0 Å². The van der Waals surface area contributed by atoms with Crippen LogP contribution in [0.5, 0.6) is 5.75 Å². The summed E-state index contributed by atoms with van der Waals surface area (Å²) >= 11 is 0. The number of hydrogen-bond donors (Lipinski definition) is 1. The number of aliphatic hydroxyl groups is 1. The Morgan fingerprint density at radius 1 is 1.15 bits per heavy atom. The minimum absolute atomic E-state index is 0.359. The lowest BCUT2D eigenvalue weighted by Gasteiger charge is -2.26. The van der Waals surface area contributed by atoms with Crippen molar-refractivity contribution in [2.75, 3.05) is 6.61 Å². The summed E-state index contributed by atoms with van der Waals surface area (Å²) in [6.07, 6.45) is 7.45. The van der Waals surface area contributed by atoms with E-state index in [0.717, 1.165) is 29.5 Å². The molecule has 0 amide bonds. The average molecular weight is 271 g/mol. The van der Waals surface area contributed by atoms with Crippen LogP contribution < -0.4 is 4.74 Å².